The molecule has 1 aliphatic heterocycles. The molecule has 2 aromatic rings. The van der Waals surface area contributed by atoms with Gasteiger partial charge in [0.1, 0.15) is 0 Å². The summed E-state index contributed by atoms with van der Waals surface area (Å²) in [4.78, 5) is 3.52. The number of H-pyrrole nitrogens is 1. The zero-order valence-electron chi connectivity index (χ0n) is 15.2. The molecule has 2 aliphatic carbocycles. The smallest absolute Gasteiger partial charge is 0.0933 e. The van der Waals surface area contributed by atoms with Gasteiger partial charge in [0.15, 0.2) is 0 Å². The molecular formula is C21H27ClN2O. The summed E-state index contributed by atoms with van der Waals surface area (Å²) in [5.41, 5.74) is 4.21. The number of alkyl halides is 1. The topological polar surface area (TPSA) is 44.9 Å². The molecule has 1 saturated heterocycles. The minimum absolute atomic E-state index is 0.0452. The van der Waals surface area contributed by atoms with Crippen molar-refractivity contribution in [1.82, 2.24) is 4.98 Å². The second kappa shape index (κ2) is 5.03. The first-order valence-corrected chi connectivity index (χ1v) is 9.83. The Kier molecular flexibility index (Phi) is 3.25. The molecule has 3 nitrogen and oxygen atoms in total. The fraction of sp³-hybridized carbons (Fsp3) is 0.571. The van der Waals surface area contributed by atoms with Crippen LogP contribution in [0, 0.1) is 18.4 Å². The van der Waals surface area contributed by atoms with Crippen LogP contribution in [0.3, 0.4) is 0 Å². The van der Waals surface area contributed by atoms with Gasteiger partial charge in [-0.05, 0) is 41.9 Å². The first-order valence-electron chi connectivity index (χ1n) is 9.39. The lowest BCUT2D eigenvalue weighted by Crippen LogP contribution is -2.91. The maximum Gasteiger partial charge on any atom is 0.0933 e. The van der Waals surface area contributed by atoms with Crippen molar-refractivity contribution in [3.63, 3.8) is 0 Å². The van der Waals surface area contributed by atoms with E-state index in [0.717, 1.165) is 13.0 Å². The van der Waals surface area contributed by atoms with Crippen LogP contribution in [0.5, 0.6) is 0 Å². The average molecular weight is 359 g/mol. The lowest BCUT2D eigenvalue weighted by atomic mass is 9.50. The maximum atomic E-state index is 7.05. The monoisotopic (exact) mass is 358 g/mol. The van der Waals surface area contributed by atoms with E-state index in [0.29, 0.717) is 17.9 Å². The van der Waals surface area contributed by atoms with Gasteiger partial charge in [0, 0.05) is 28.4 Å². The summed E-state index contributed by atoms with van der Waals surface area (Å²) >= 11 is 7.05. The van der Waals surface area contributed by atoms with Crippen LogP contribution in [0.2, 0.25) is 0 Å². The molecule has 1 aromatic carbocycles. The Balaban J connectivity index is 1.76. The molecule has 2 fully saturated rings. The molecule has 0 spiro atoms. The first kappa shape index (κ1) is 16.2. The first-order chi connectivity index (χ1) is 11.9. The van der Waals surface area contributed by atoms with Crippen molar-refractivity contribution < 1.29 is 10.1 Å². The van der Waals surface area contributed by atoms with Gasteiger partial charge in [-0.2, -0.15) is 7.05 Å². The van der Waals surface area contributed by atoms with Crippen LogP contribution in [-0.4, -0.2) is 29.1 Å². The van der Waals surface area contributed by atoms with Gasteiger partial charge in [-0.25, -0.2) is 0 Å². The largest absolute Gasteiger partial charge is 0.475 e. The summed E-state index contributed by atoms with van der Waals surface area (Å²) in [7, 11) is 4.24. The number of aromatic nitrogens is 1. The predicted molar refractivity (Wildman–Crippen MR) is 101 cm³/mol. The van der Waals surface area contributed by atoms with Crippen molar-refractivity contribution >= 4 is 22.5 Å². The minimum Gasteiger partial charge on any atom is -0.475 e. The highest BCUT2D eigenvalue weighted by atomic mass is 35.5. The van der Waals surface area contributed by atoms with E-state index in [1.165, 1.54) is 22.0 Å². The number of nitrogens with two attached hydrogens (primary N) is 1. The molecule has 3 N–H and O–H groups in total. The summed E-state index contributed by atoms with van der Waals surface area (Å²) in [6, 6.07) is 7.00. The van der Waals surface area contributed by atoms with E-state index in [9.17, 15) is 0 Å². The zero-order valence-corrected chi connectivity index (χ0v) is 15.9. The van der Waals surface area contributed by atoms with E-state index < -0.39 is 0 Å². The Bertz CT molecular complexity index is 840. The Morgan fingerprint density at radius 2 is 2.08 bits per heavy atom. The number of ether oxygens (including phenoxy) is 1. The van der Waals surface area contributed by atoms with Crippen molar-refractivity contribution in [1.29, 1.82) is 0 Å². The quantitative estimate of drug-likeness (QED) is 0.483. The van der Waals surface area contributed by atoms with E-state index >= 15 is 0 Å². The van der Waals surface area contributed by atoms with Crippen molar-refractivity contribution in [3.05, 3.63) is 42.6 Å². The van der Waals surface area contributed by atoms with E-state index in [1.54, 1.807) is 0 Å². The van der Waals surface area contributed by atoms with Gasteiger partial charge in [0.2, 0.25) is 0 Å². The maximum absolute atomic E-state index is 7.05. The lowest BCUT2D eigenvalue weighted by Gasteiger charge is -2.56. The van der Waals surface area contributed by atoms with Gasteiger partial charge in [-0.15, -0.1) is 11.6 Å². The van der Waals surface area contributed by atoms with Crippen molar-refractivity contribution in [2.45, 2.75) is 56.0 Å². The molecule has 1 aromatic heterocycles. The molecule has 2 heterocycles. The summed E-state index contributed by atoms with van der Waals surface area (Å²) in [6.45, 7) is 7.96. The summed E-state index contributed by atoms with van der Waals surface area (Å²) in [6.07, 6.45) is 3.54. The molecule has 0 amide bonds. The summed E-state index contributed by atoms with van der Waals surface area (Å²) in [5.74, 6) is 0.957. The molecule has 25 heavy (non-hydrogen) atoms. The van der Waals surface area contributed by atoms with E-state index in [4.69, 9.17) is 16.3 Å². The number of hydrogen-bond donors (Lipinski definition) is 2. The van der Waals surface area contributed by atoms with Crippen LogP contribution in [0.4, 0.5) is 0 Å². The predicted octanol–water partition coefficient (Wildman–Crippen LogP) is 3.30. The Labute approximate surface area is 154 Å². The Hall–Kier alpha value is -1.03. The van der Waals surface area contributed by atoms with E-state index in [-0.39, 0.29) is 22.3 Å². The van der Waals surface area contributed by atoms with Crippen LogP contribution < -0.4 is 5.32 Å². The number of rotatable bonds is 2. The van der Waals surface area contributed by atoms with Crippen molar-refractivity contribution in [2.24, 2.45) is 11.3 Å². The molecule has 4 heteroatoms. The number of aromatic amines is 1. The van der Waals surface area contributed by atoms with Gasteiger partial charge in [-0.3, -0.25) is 0 Å². The SMILES string of the molecule is [CH2-][NH2+][C@@H]1[C@H]2c3c[nH]c4cccc(c34)C(C)(C)[C@H]2C[C@@H](Cl)[C@]1(C)C1CO1. The zero-order chi connectivity index (χ0) is 17.6. The Morgan fingerprint density at radius 1 is 1.32 bits per heavy atom. The lowest BCUT2D eigenvalue weighted by molar-refractivity contribution is -0.657. The highest BCUT2D eigenvalue weighted by Gasteiger charge is 2.63. The van der Waals surface area contributed by atoms with E-state index in [1.807, 2.05) is 0 Å². The van der Waals surface area contributed by atoms with Crippen LogP contribution in [0.15, 0.2) is 24.4 Å². The fourth-order valence-electron chi connectivity index (χ4n) is 6.06. The van der Waals surface area contributed by atoms with Gasteiger partial charge >= 0.3 is 0 Å². The Morgan fingerprint density at radius 3 is 2.76 bits per heavy atom. The van der Waals surface area contributed by atoms with Gasteiger partial charge in [0.25, 0.3) is 0 Å². The number of hydrogen-bond acceptors (Lipinski definition) is 1. The van der Waals surface area contributed by atoms with Gasteiger partial charge < -0.3 is 15.0 Å². The highest BCUT2D eigenvalue weighted by Crippen LogP contribution is 2.61. The molecule has 1 saturated carbocycles. The molecule has 3 aliphatic rings. The van der Waals surface area contributed by atoms with Crippen LogP contribution in [0.25, 0.3) is 10.9 Å². The number of quaternary nitrogens is 1. The van der Waals surface area contributed by atoms with Gasteiger partial charge in [-0.1, -0.05) is 26.0 Å². The molecule has 0 radical (unpaired) electrons. The molecule has 0 bridgehead atoms. The number of nitrogens with one attached hydrogen (secondary N) is 1. The van der Waals surface area contributed by atoms with E-state index in [2.05, 4.69) is 62.5 Å². The molecule has 1 unspecified atom stereocenters. The third kappa shape index (κ3) is 1.90. The van der Waals surface area contributed by atoms with Gasteiger partial charge in [0.05, 0.1) is 24.2 Å². The molecule has 134 valence electrons. The fourth-order valence-corrected chi connectivity index (χ4v) is 6.54. The normalized spacial score (nSPS) is 41.6. The second-order valence-electron chi connectivity index (χ2n) is 8.98. The van der Waals surface area contributed by atoms with Crippen LogP contribution in [0.1, 0.15) is 44.2 Å². The van der Waals surface area contributed by atoms with Crippen LogP contribution in [-0.2, 0) is 10.2 Å². The molecule has 6 atom stereocenters. The standard InChI is InChI=1S/C21H27ClN2O/c1-20(2)12-6-5-7-14-17(12)11(9-24-14)18-13(20)8-15(22)21(3,16-10-25-16)19(18)23-4/h5-7,9,13,15-16,18-19,24H,4,8,10,23H2,1-3H3/t13-,15+,16?,18-,19+,21+/m0/s1. The summed E-state index contributed by atoms with van der Waals surface area (Å²) < 4.78 is 5.77. The van der Waals surface area contributed by atoms with Crippen molar-refractivity contribution in [2.75, 3.05) is 6.61 Å². The third-order valence-electron chi connectivity index (χ3n) is 7.67. The molecular weight excluding hydrogens is 332 g/mol. The number of epoxide rings is 1. The minimum atomic E-state index is -0.0452. The van der Waals surface area contributed by atoms with Crippen LogP contribution >= 0.6 is 11.6 Å². The average Bonchev–Trinajstić information content (AvgIpc) is 3.36. The molecule has 5 rings (SSSR count). The highest BCUT2D eigenvalue weighted by molar-refractivity contribution is 6.21. The number of benzene rings is 1. The number of halogens is 1. The third-order valence-corrected chi connectivity index (χ3v) is 8.32. The number of fused-ring (bicyclic) bond motifs is 2. The summed E-state index contributed by atoms with van der Waals surface area (Å²) in [5, 5.41) is 3.70. The second-order valence-corrected chi connectivity index (χ2v) is 9.51. The van der Waals surface area contributed by atoms with Crippen molar-refractivity contribution in [3.8, 4) is 0 Å².